The standard InChI is InChI=1S/C14H12BrF2N/c1-8-6-9(15)2-4-11(8)14(18)12-7-10(16)3-5-13(12)17/h2-7,14H,18H2,1H3. The molecule has 2 N–H and O–H groups in total. The van der Waals surface area contributed by atoms with Gasteiger partial charge in [0.05, 0.1) is 6.04 Å². The van der Waals surface area contributed by atoms with Crippen molar-refractivity contribution in [1.29, 1.82) is 0 Å². The first-order valence-corrected chi connectivity index (χ1v) is 6.25. The second-order valence-electron chi connectivity index (χ2n) is 4.14. The highest BCUT2D eigenvalue weighted by molar-refractivity contribution is 9.10. The van der Waals surface area contributed by atoms with E-state index in [9.17, 15) is 8.78 Å². The first-order valence-electron chi connectivity index (χ1n) is 5.45. The fourth-order valence-corrected chi connectivity index (χ4v) is 2.38. The van der Waals surface area contributed by atoms with Gasteiger partial charge in [0, 0.05) is 10.0 Å². The summed E-state index contributed by atoms with van der Waals surface area (Å²) >= 11 is 3.35. The molecule has 2 aromatic rings. The van der Waals surface area contributed by atoms with E-state index in [0.29, 0.717) is 0 Å². The lowest BCUT2D eigenvalue weighted by Crippen LogP contribution is -2.15. The van der Waals surface area contributed by atoms with Gasteiger partial charge >= 0.3 is 0 Å². The Hall–Kier alpha value is -1.26. The molecule has 0 saturated carbocycles. The first-order chi connectivity index (χ1) is 8.49. The smallest absolute Gasteiger partial charge is 0.128 e. The van der Waals surface area contributed by atoms with Crippen LogP contribution >= 0.6 is 15.9 Å². The highest BCUT2D eigenvalue weighted by atomic mass is 79.9. The fraction of sp³-hybridized carbons (Fsp3) is 0.143. The van der Waals surface area contributed by atoms with Gasteiger partial charge in [-0.15, -0.1) is 0 Å². The number of halogens is 3. The largest absolute Gasteiger partial charge is 0.320 e. The van der Waals surface area contributed by atoms with E-state index in [1.807, 2.05) is 25.1 Å². The van der Waals surface area contributed by atoms with Gasteiger partial charge in [-0.1, -0.05) is 22.0 Å². The van der Waals surface area contributed by atoms with Crippen LogP contribution < -0.4 is 5.73 Å². The van der Waals surface area contributed by atoms with Gasteiger partial charge in [0.25, 0.3) is 0 Å². The third-order valence-corrected chi connectivity index (χ3v) is 3.35. The molecule has 4 heteroatoms. The molecule has 1 atom stereocenters. The molecule has 0 heterocycles. The molecule has 0 bridgehead atoms. The summed E-state index contributed by atoms with van der Waals surface area (Å²) in [7, 11) is 0. The Balaban J connectivity index is 2.47. The lowest BCUT2D eigenvalue weighted by Gasteiger charge is -2.16. The van der Waals surface area contributed by atoms with Gasteiger partial charge in [-0.2, -0.15) is 0 Å². The molecule has 2 rings (SSSR count). The van der Waals surface area contributed by atoms with E-state index in [1.54, 1.807) is 0 Å². The van der Waals surface area contributed by atoms with Crippen molar-refractivity contribution in [2.45, 2.75) is 13.0 Å². The predicted molar refractivity (Wildman–Crippen MR) is 71.3 cm³/mol. The summed E-state index contributed by atoms with van der Waals surface area (Å²) in [6.07, 6.45) is 0. The van der Waals surface area contributed by atoms with E-state index >= 15 is 0 Å². The number of hydrogen-bond acceptors (Lipinski definition) is 1. The maximum Gasteiger partial charge on any atom is 0.128 e. The Labute approximate surface area is 113 Å². The van der Waals surface area contributed by atoms with Crippen molar-refractivity contribution in [2.75, 3.05) is 0 Å². The van der Waals surface area contributed by atoms with Crippen molar-refractivity contribution >= 4 is 15.9 Å². The van der Waals surface area contributed by atoms with Crippen LogP contribution in [0.1, 0.15) is 22.7 Å². The number of hydrogen-bond donors (Lipinski definition) is 1. The molecule has 0 spiro atoms. The fourth-order valence-electron chi connectivity index (χ4n) is 1.91. The molecule has 0 aliphatic rings. The monoisotopic (exact) mass is 311 g/mol. The minimum absolute atomic E-state index is 0.167. The zero-order chi connectivity index (χ0) is 13.3. The van der Waals surface area contributed by atoms with Crippen molar-refractivity contribution in [3.05, 3.63) is 69.2 Å². The van der Waals surface area contributed by atoms with Gasteiger partial charge in [0.2, 0.25) is 0 Å². The molecular formula is C14H12BrF2N. The van der Waals surface area contributed by atoms with Gasteiger partial charge in [0.1, 0.15) is 11.6 Å². The summed E-state index contributed by atoms with van der Waals surface area (Å²) in [5.74, 6) is -0.983. The van der Waals surface area contributed by atoms with Crippen molar-refractivity contribution in [3.63, 3.8) is 0 Å². The lowest BCUT2D eigenvalue weighted by molar-refractivity contribution is 0.576. The molecule has 0 fully saturated rings. The normalized spacial score (nSPS) is 12.5. The van der Waals surface area contributed by atoms with E-state index < -0.39 is 17.7 Å². The quantitative estimate of drug-likeness (QED) is 0.888. The molecule has 0 aliphatic carbocycles. The van der Waals surface area contributed by atoms with Gasteiger partial charge in [-0.05, 0) is 48.4 Å². The number of aryl methyl sites for hydroxylation is 1. The van der Waals surface area contributed by atoms with E-state index in [-0.39, 0.29) is 5.56 Å². The summed E-state index contributed by atoms with van der Waals surface area (Å²) in [6.45, 7) is 1.89. The molecule has 2 aromatic carbocycles. The molecule has 18 heavy (non-hydrogen) atoms. The summed E-state index contributed by atoms with van der Waals surface area (Å²) < 4.78 is 27.7. The van der Waals surface area contributed by atoms with E-state index in [0.717, 1.165) is 33.8 Å². The molecule has 1 nitrogen and oxygen atoms in total. The topological polar surface area (TPSA) is 26.0 Å². The molecule has 0 saturated heterocycles. The second kappa shape index (κ2) is 5.16. The van der Waals surface area contributed by atoms with Crippen LogP contribution in [0.5, 0.6) is 0 Å². The molecule has 0 amide bonds. The van der Waals surface area contributed by atoms with Crippen LogP contribution in [-0.2, 0) is 0 Å². The van der Waals surface area contributed by atoms with Gasteiger partial charge in [-0.3, -0.25) is 0 Å². The third kappa shape index (κ3) is 2.60. The summed E-state index contributed by atoms with van der Waals surface area (Å²) in [6, 6.07) is 8.19. The summed E-state index contributed by atoms with van der Waals surface area (Å²) in [4.78, 5) is 0. The van der Waals surface area contributed by atoms with Crippen LogP contribution in [0.4, 0.5) is 8.78 Å². The average molecular weight is 312 g/mol. The molecular weight excluding hydrogens is 300 g/mol. The van der Waals surface area contributed by atoms with E-state index in [1.165, 1.54) is 0 Å². The van der Waals surface area contributed by atoms with Crippen LogP contribution in [-0.4, -0.2) is 0 Å². The van der Waals surface area contributed by atoms with Crippen LogP contribution in [0, 0.1) is 18.6 Å². The maximum absolute atomic E-state index is 13.7. The van der Waals surface area contributed by atoms with E-state index in [4.69, 9.17) is 5.73 Å². The minimum atomic E-state index is -0.672. The van der Waals surface area contributed by atoms with Gasteiger partial charge < -0.3 is 5.73 Å². The van der Waals surface area contributed by atoms with Crippen molar-refractivity contribution in [3.8, 4) is 0 Å². The Morgan fingerprint density at radius 2 is 1.78 bits per heavy atom. The second-order valence-corrected chi connectivity index (χ2v) is 5.06. The Bertz CT molecular complexity index is 584. The third-order valence-electron chi connectivity index (χ3n) is 2.86. The van der Waals surface area contributed by atoms with Gasteiger partial charge in [-0.25, -0.2) is 8.78 Å². The predicted octanol–water partition coefficient (Wildman–Crippen LogP) is 4.08. The minimum Gasteiger partial charge on any atom is -0.320 e. The summed E-state index contributed by atoms with van der Waals surface area (Å²) in [5, 5.41) is 0. The first kappa shape index (κ1) is 13.2. The lowest BCUT2D eigenvalue weighted by atomic mass is 9.95. The highest BCUT2D eigenvalue weighted by Crippen LogP contribution is 2.27. The molecule has 0 aliphatic heterocycles. The van der Waals surface area contributed by atoms with Crippen molar-refractivity contribution in [2.24, 2.45) is 5.73 Å². The Morgan fingerprint density at radius 1 is 1.06 bits per heavy atom. The SMILES string of the molecule is Cc1cc(Br)ccc1C(N)c1cc(F)ccc1F. The molecule has 0 radical (unpaired) electrons. The molecule has 0 aromatic heterocycles. The van der Waals surface area contributed by atoms with Crippen LogP contribution in [0.2, 0.25) is 0 Å². The van der Waals surface area contributed by atoms with Crippen LogP contribution in [0.25, 0.3) is 0 Å². The average Bonchev–Trinajstić information content (AvgIpc) is 2.31. The number of nitrogens with two attached hydrogens (primary N) is 1. The highest BCUT2D eigenvalue weighted by Gasteiger charge is 2.16. The Morgan fingerprint density at radius 3 is 2.44 bits per heavy atom. The van der Waals surface area contributed by atoms with E-state index in [2.05, 4.69) is 15.9 Å². The van der Waals surface area contributed by atoms with Crippen molar-refractivity contribution < 1.29 is 8.78 Å². The number of benzene rings is 2. The maximum atomic E-state index is 13.7. The Kier molecular flexibility index (Phi) is 3.78. The number of rotatable bonds is 2. The van der Waals surface area contributed by atoms with Gasteiger partial charge in [0.15, 0.2) is 0 Å². The molecule has 94 valence electrons. The molecule has 1 unspecified atom stereocenters. The summed E-state index contributed by atoms with van der Waals surface area (Å²) in [5.41, 5.74) is 7.89. The zero-order valence-corrected chi connectivity index (χ0v) is 11.3. The van der Waals surface area contributed by atoms with Crippen LogP contribution in [0.3, 0.4) is 0 Å². The zero-order valence-electron chi connectivity index (χ0n) is 9.75. The van der Waals surface area contributed by atoms with Crippen LogP contribution in [0.15, 0.2) is 40.9 Å². The van der Waals surface area contributed by atoms with Crippen molar-refractivity contribution in [1.82, 2.24) is 0 Å².